The van der Waals surface area contributed by atoms with Crippen molar-refractivity contribution in [1.82, 2.24) is 9.80 Å². The van der Waals surface area contributed by atoms with Crippen LogP contribution in [-0.4, -0.2) is 55.0 Å². The highest BCUT2D eigenvalue weighted by Crippen LogP contribution is 2.16. The number of carbonyl (C=O) groups excluding carboxylic acids is 1. The fourth-order valence-corrected chi connectivity index (χ4v) is 2.61. The molecular formula is C16H25N3O. The monoisotopic (exact) mass is 275 g/mol. The Kier molecular flexibility index (Phi) is 5.15. The van der Waals surface area contributed by atoms with E-state index in [2.05, 4.69) is 35.0 Å². The number of aryl methyl sites for hydroxylation is 2. The third-order valence-electron chi connectivity index (χ3n) is 3.94. The van der Waals surface area contributed by atoms with Crippen LogP contribution in [0.15, 0.2) is 18.2 Å². The summed E-state index contributed by atoms with van der Waals surface area (Å²) < 4.78 is 0. The van der Waals surface area contributed by atoms with Gasteiger partial charge in [-0.1, -0.05) is 24.6 Å². The van der Waals surface area contributed by atoms with Crippen LogP contribution in [-0.2, 0) is 4.79 Å². The van der Waals surface area contributed by atoms with Gasteiger partial charge >= 0.3 is 0 Å². The fraction of sp³-hybridized carbons (Fsp3) is 0.562. The van der Waals surface area contributed by atoms with Crippen molar-refractivity contribution in [3.63, 3.8) is 0 Å². The molecule has 4 heteroatoms. The van der Waals surface area contributed by atoms with Crippen LogP contribution in [0, 0.1) is 13.8 Å². The largest absolute Gasteiger partial charge is 0.325 e. The van der Waals surface area contributed by atoms with Crippen molar-refractivity contribution in [1.29, 1.82) is 0 Å². The SMILES string of the molecule is CCN1CCN(CC(=O)Nc2ccc(C)cc2C)CC1. The van der Waals surface area contributed by atoms with Crippen LogP contribution in [0.3, 0.4) is 0 Å². The molecule has 1 saturated heterocycles. The van der Waals surface area contributed by atoms with Crippen molar-refractivity contribution < 1.29 is 4.79 Å². The number of piperazine rings is 1. The predicted molar refractivity (Wildman–Crippen MR) is 83.1 cm³/mol. The van der Waals surface area contributed by atoms with E-state index in [9.17, 15) is 4.79 Å². The summed E-state index contributed by atoms with van der Waals surface area (Å²) in [4.78, 5) is 16.7. The van der Waals surface area contributed by atoms with E-state index in [4.69, 9.17) is 0 Å². The Hall–Kier alpha value is -1.39. The second kappa shape index (κ2) is 6.86. The number of hydrogen-bond acceptors (Lipinski definition) is 3. The van der Waals surface area contributed by atoms with Crippen molar-refractivity contribution >= 4 is 11.6 Å². The molecule has 1 aliphatic rings. The highest BCUT2D eigenvalue weighted by Gasteiger charge is 2.17. The smallest absolute Gasteiger partial charge is 0.238 e. The van der Waals surface area contributed by atoms with Gasteiger partial charge in [-0.05, 0) is 32.0 Å². The van der Waals surface area contributed by atoms with E-state index < -0.39 is 0 Å². The number of amides is 1. The Morgan fingerprint density at radius 1 is 1.15 bits per heavy atom. The first-order chi connectivity index (χ1) is 9.58. The third-order valence-corrected chi connectivity index (χ3v) is 3.94. The molecule has 0 aliphatic carbocycles. The second-order valence-corrected chi connectivity index (χ2v) is 5.58. The number of likely N-dealkylation sites (N-methyl/N-ethyl adjacent to an activating group) is 1. The van der Waals surface area contributed by atoms with E-state index in [1.807, 2.05) is 19.1 Å². The van der Waals surface area contributed by atoms with Crippen LogP contribution in [0.2, 0.25) is 0 Å². The molecule has 1 amide bonds. The van der Waals surface area contributed by atoms with E-state index >= 15 is 0 Å². The molecule has 0 unspecified atom stereocenters. The summed E-state index contributed by atoms with van der Waals surface area (Å²) in [6.07, 6.45) is 0. The van der Waals surface area contributed by atoms with Gasteiger partial charge in [0, 0.05) is 31.9 Å². The Balaban J connectivity index is 1.84. The van der Waals surface area contributed by atoms with E-state index in [0.717, 1.165) is 44.0 Å². The minimum Gasteiger partial charge on any atom is -0.325 e. The molecule has 20 heavy (non-hydrogen) atoms. The zero-order valence-electron chi connectivity index (χ0n) is 12.8. The molecule has 1 N–H and O–H groups in total. The Bertz CT molecular complexity index is 465. The number of carbonyl (C=O) groups is 1. The van der Waals surface area contributed by atoms with Crippen LogP contribution >= 0.6 is 0 Å². The van der Waals surface area contributed by atoms with Crippen molar-refractivity contribution in [2.45, 2.75) is 20.8 Å². The lowest BCUT2D eigenvalue weighted by Gasteiger charge is -2.33. The van der Waals surface area contributed by atoms with Gasteiger partial charge in [-0.3, -0.25) is 9.69 Å². The molecule has 0 bridgehead atoms. The van der Waals surface area contributed by atoms with Crippen LogP contribution in [0.4, 0.5) is 5.69 Å². The van der Waals surface area contributed by atoms with Gasteiger partial charge in [-0.25, -0.2) is 0 Å². The average molecular weight is 275 g/mol. The molecule has 2 rings (SSSR count). The summed E-state index contributed by atoms with van der Waals surface area (Å²) in [5.74, 6) is 0.0851. The summed E-state index contributed by atoms with van der Waals surface area (Å²) in [6, 6.07) is 6.11. The maximum Gasteiger partial charge on any atom is 0.238 e. The highest BCUT2D eigenvalue weighted by atomic mass is 16.2. The molecule has 1 heterocycles. The minimum absolute atomic E-state index is 0.0851. The summed E-state index contributed by atoms with van der Waals surface area (Å²) in [5.41, 5.74) is 3.26. The zero-order chi connectivity index (χ0) is 14.5. The molecule has 1 aromatic rings. The van der Waals surface area contributed by atoms with Gasteiger partial charge < -0.3 is 10.2 Å². The van der Waals surface area contributed by atoms with Gasteiger partial charge in [0.05, 0.1) is 6.54 Å². The molecule has 0 aromatic heterocycles. The first kappa shape index (κ1) is 15.0. The van der Waals surface area contributed by atoms with E-state index in [1.54, 1.807) is 0 Å². The first-order valence-electron chi connectivity index (χ1n) is 7.40. The number of rotatable bonds is 4. The van der Waals surface area contributed by atoms with Crippen molar-refractivity contribution in [3.8, 4) is 0 Å². The van der Waals surface area contributed by atoms with E-state index in [-0.39, 0.29) is 5.91 Å². The summed E-state index contributed by atoms with van der Waals surface area (Å²) in [6.45, 7) is 12.0. The molecule has 1 aromatic carbocycles. The third kappa shape index (κ3) is 4.05. The molecule has 4 nitrogen and oxygen atoms in total. The summed E-state index contributed by atoms with van der Waals surface area (Å²) in [7, 11) is 0. The highest BCUT2D eigenvalue weighted by molar-refractivity contribution is 5.93. The minimum atomic E-state index is 0.0851. The molecule has 1 fully saturated rings. The Morgan fingerprint density at radius 3 is 2.40 bits per heavy atom. The lowest BCUT2D eigenvalue weighted by atomic mass is 10.1. The summed E-state index contributed by atoms with van der Waals surface area (Å²) in [5, 5.41) is 3.02. The van der Waals surface area contributed by atoms with Crippen molar-refractivity contribution in [2.24, 2.45) is 0 Å². The predicted octanol–water partition coefficient (Wildman–Crippen LogP) is 1.88. The van der Waals surface area contributed by atoms with Crippen LogP contribution < -0.4 is 5.32 Å². The lowest BCUT2D eigenvalue weighted by molar-refractivity contribution is -0.117. The maximum atomic E-state index is 12.1. The molecule has 0 atom stereocenters. The molecular weight excluding hydrogens is 250 g/mol. The van der Waals surface area contributed by atoms with E-state index in [0.29, 0.717) is 6.54 Å². The maximum absolute atomic E-state index is 12.1. The number of anilines is 1. The quantitative estimate of drug-likeness (QED) is 0.911. The van der Waals surface area contributed by atoms with Gasteiger partial charge in [0.15, 0.2) is 0 Å². The fourth-order valence-electron chi connectivity index (χ4n) is 2.61. The van der Waals surface area contributed by atoms with Gasteiger partial charge in [0.2, 0.25) is 5.91 Å². The topological polar surface area (TPSA) is 35.6 Å². The van der Waals surface area contributed by atoms with Gasteiger partial charge in [0.1, 0.15) is 0 Å². The molecule has 0 spiro atoms. The van der Waals surface area contributed by atoms with Crippen molar-refractivity contribution in [2.75, 3.05) is 44.6 Å². The number of benzene rings is 1. The van der Waals surface area contributed by atoms with Gasteiger partial charge in [0.25, 0.3) is 0 Å². The normalized spacial score (nSPS) is 17.1. The Morgan fingerprint density at radius 2 is 1.80 bits per heavy atom. The molecule has 1 aliphatic heterocycles. The van der Waals surface area contributed by atoms with Crippen LogP contribution in [0.1, 0.15) is 18.1 Å². The molecule has 0 radical (unpaired) electrons. The van der Waals surface area contributed by atoms with Crippen LogP contribution in [0.25, 0.3) is 0 Å². The van der Waals surface area contributed by atoms with Crippen LogP contribution in [0.5, 0.6) is 0 Å². The number of nitrogens with zero attached hydrogens (tertiary/aromatic N) is 2. The van der Waals surface area contributed by atoms with Gasteiger partial charge in [-0.2, -0.15) is 0 Å². The molecule has 110 valence electrons. The molecule has 0 saturated carbocycles. The van der Waals surface area contributed by atoms with Gasteiger partial charge in [-0.15, -0.1) is 0 Å². The number of hydrogen-bond donors (Lipinski definition) is 1. The standard InChI is InChI=1S/C16H25N3O/c1-4-18-7-9-19(10-8-18)12-16(20)17-15-6-5-13(2)11-14(15)3/h5-6,11H,4,7-10,12H2,1-3H3,(H,17,20). The first-order valence-corrected chi connectivity index (χ1v) is 7.40. The average Bonchev–Trinajstić information content (AvgIpc) is 2.43. The zero-order valence-corrected chi connectivity index (χ0v) is 12.8. The van der Waals surface area contributed by atoms with E-state index in [1.165, 1.54) is 5.56 Å². The van der Waals surface area contributed by atoms with Crippen molar-refractivity contribution in [3.05, 3.63) is 29.3 Å². The Labute approximate surface area is 121 Å². The number of nitrogens with one attached hydrogen (secondary N) is 1. The second-order valence-electron chi connectivity index (χ2n) is 5.58. The lowest BCUT2D eigenvalue weighted by Crippen LogP contribution is -2.48. The summed E-state index contributed by atoms with van der Waals surface area (Å²) >= 11 is 0.